The van der Waals surface area contributed by atoms with Gasteiger partial charge in [-0.15, -0.1) is 0 Å². The molecule has 2 rings (SSSR count). The molecule has 3 heteroatoms. The van der Waals surface area contributed by atoms with Crippen molar-refractivity contribution in [2.75, 3.05) is 6.61 Å². The van der Waals surface area contributed by atoms with E-state index in [9.17, 15) is 9.90 Å². The highest BCUT2D eigenvalue weighted by Crippen LogP contribution is 2.21. The third-order valence-corrected chi connectivity index (χ3v) is 3.24. The number of cyclic esters (lactones) is 1. The van der Waals surface area contributed by atoms with E-state index in [1.165, 1.54) is 5.56 Å². The summed E-state index contributed by atoms with van der Waals surface area (Å²) in [5.41, 5.74) is 1.19. The van der Waals surface area contributed by atoms with Crippen LogP contribution in [0.5, 0.6) is 0 Å². The summed E-state index contributed by atoms with van der Waals surface area (Å²) in [6.45, 7) is 0.501. The van der Waals surface area contributed by atoms with Crippen LogP contribution in [-0.2, 0) is 16.0 Å². The normalized spacial score (nSPS) is 21.9. The van der Waals surface area contributed by atoms with Crippen molar-refractivity contribution in [2.24, 2.45) is 5.92 Å². The maximum Gasteiger partial charge on any atom is 0.311 e. The van der Waals surface area contributed by atoms with Crippen molar-refractivity contribution < 1.29 is 14.6 Å². The molecule has 0 radical (unpaired) electrons. The van der Waals surface area contributed by atoms with Crippen LogP contribution in [-0.4, -0.2) is 23.8 Å². The third-order valence-electron chi connectivity index (χ3n) is 3.24. The van der Waals surface area contributed by atoms with Gasteiger partial charge in [-0.05, 0) is 31.2 Å². The molecule has 0 saturated carbocycles. The molecule has 1 aromatic carbocycles. The number of aliphatic hydroxyl groups is 1. The zero-order valence-electron chi connectivity index (χ0n) is 9.84. The summed E-state index contributed by atoms with van der Waals surface area (Å²) in [7, 11) is 0. The van der Waals surface area contributed by atoms with Gasteiger partial charge in [0.05, 0.1) is 18.6 Å². The lowest BCUT2D eigenvalue weighted by molar-refractivity contribution is -0.157. The summed E-state index contributed by atoms with van der Waals surface area (Å²) in [6, 6.07) is 10.0. The van der Waals surface area contributed by atoms with Crippen LogP contribution in [0, 0.1) is 5.92 Å². The number of aryl methyl sites for hydroxylation is 1. The van der Waals surface area contributed by atoms with Gasteiger partial charge in [0.2, 0.25) is 0 Å². The van der Waals surface area contributed by atoms with E-state index >= 15 is 0 Å². The van der Waals surface area contributed by atoms with Gasteiger partial charge in [-0.3, -0.25) is 4.79 Å². The van der Waals surface area contributed by atoms with Crippen LogP contribution in [0.3, 0.4) is 0 Å². The van der Waals surface area contributed by atoms with Gasteiger partial charge in [0.25, 0.3) is 0 Å². The largest absolute Gasteiger partial charge is 0.465 e. The van der Waals surface area contributed by atoms with Gasteiger partial charge in [-0.2, -0.15) is 0 Å². The molecule has 0 bridgehead atoms. The Morgan fingerprint density at radius 3 is 2.82 bits per heavy atom. The number of carbonyl (C=O) groups excluding carboxylic acids is 1. The van der Waals surface area contributed by atoms with E-state index in [0.717, 1.165) is 19.3 Å². The second-order valence-electron chi connectivity index (χ2n) is 4.51. The molecule has 1 heterocycles. The summed E-state index contributed by atoms with van der Waals surface area (Å²) >= 11 is 0. The van der Waals surface area contributed by atoms with Gasteiger partial charge < -0.3 is 9.84 Å². The molecule has 92 valence electrons. The lowest BCUT2D eigenvalue weighted by Crippen LogP contribution is -2.34. The first-order valence-electron chi connectivity index (χ1n) is 6.16. The minimum absolute atomic E-state index is 0.239. The molecule has 0 aliphatic carbocycles. The molecule has 1 fully saturated rings. The van der Waals surface area contributed by atoms with Crippen molar-refractivity contribution in [1.82, 2.24) is 0 Å². The average Bonchev–Trinajstić information content (AvgIpc) is 2.38. The third kappa shape index (κ3) is 3.30. The summed E-state index contributed by atoms with van der Waals surface area (Å²) in [6.07, 6.45) is 2.44. The van der Waals surface area contributed by atoms with Crippen LogP contribution < -0.4 is 0 Å². The van der Waals surface area contributed by atoms with Crippen molar-refractivity contribution in [1.29, 1.82) is 0 Å². The lowest BCUT2D eigenvalue weighted by Gasteiger charge is -2.25. The fourth-order valence-electron chi connectivity index (χ4n) is 2.21. The summed E-state index contributed by atoms with van der Waals surface area (Å²) in [5, 5.41) is 10.0. The van der Waals surface area contributed by atoms with E-state index in [1.54, 1.807) is 0 Å². The second-order valence-corrected chi connectivity index (χ2v) is 4.51. The van der Waals surface area contributed by atoms with Crippen molar-refractivity contribution in [2.45, 2.75) is 31.8 Å². The molecule has 1 aliphatic rings. The van der Waals surface area contributed by atoms with E-state index in [-0.39, 0.29) is 11.9 Å². The van der Waals surface area contributed by atoms with Crippen LogP contribution in [0.25, 0.3) is 0 Å². The van der Waals surface area contributed by atoms with E-state index in [1.807, 2.05) is 30.3 Å². The van der Waals surface area contributed by atoms with E-state index in [4.69, 9.17) is 4.74 Å². The van der Waals surface area contributed by atoms with Crippen molar-refractivity contribution in [3.63, 3.8) is 0 Å². The number of ether oxygens (including phenoxy) is 1. The zero-order chi connectivity index (χ0) is 12.1. The summed E-state index contributed by atoms with van der Waals surface area (Å²) < 4.78 is 4.96. The monoisotopic (exact) mass is 234 g/mol. The number of hydrogen-bond acceptors (Lipinski definition) is 3. The standard InChI is InChI=1S/C14H18O3/c15-13(12-7-4-10-17-14(12)16)9-8-11-5-2-1-3-6-11/h1-3,5-6,12-13,15H,4,7-10H2. The summed E-state index contributed by atoms with van der Waals surface area (Å²) in [5.74, 6) is -0.565. The SMILES string of the molecule is O=C1OCCCC1C(O)CCc1ccccc1. The fraction of sp³-hybridized carbons (Fsp3) is 0.500. The predicted molar refractivity (Wildman–Crippen MR) is 64.5 cm³/mol. The molecule has 0 amide bonds. The first-order valence-corrected chi connectivity index (χ1v) is 6.16. The quantitative estimate of drug-likeness (QED) is 0.810. The predicted octanol–water partition coefficient (Wildman–Crippen LogP) is 1.93. The molecular weight excluding hydrogens is 216 g/mol. The van der Waals surface area contributed by atoms with E-state index in [0.29, 0.717) is 13.0 Å². The maximum atomic E-state index is 11.5. The molecular formula is C14H18O3. The molecule has 1 aromatic rings. The first kappa shape index (κ1) is 12.1. The Bertz CT molecular complexity index is 361. The lowest BCUT2D eigenvalue weighted by atomic mass is 9.91. The van der Waals surface area contributed by atoms with Crippen LogP contribution in [0.2, 0.25) is 0 Å². The topological polar surface area (TPSA) is 46.5 Å². The van der Waals surface area contributed by atoms with Crippen molar-refractivity contribution >= 4 is 5.97 Å². The molecule has 1 N–H and O–H groups in total. The first-order chi connectivity index (χ1) is 8.27. The van der Waals surface area contributed by atoms with Gasteiger partial charge in [-0.25, -0.2) is 0 Å². The van der Waals surface area contributed by atoms with Gasteiger partial charge in [0.1, 0.15) is 0 Å². The number of hydrogen-bond donors (Lipinski definition) is 1. The number of rotatable bonds is 4. The Hall–Kier alpha value is -1.35. The van der Waals surface area contributed by atoms with E-state index in [2.05, 4.69) is 0 Å². The average molecular weight is 234 g/mol. The number of carbonyl (C=O) groups is 1. The minimum Gasteiger partial charge on any atom is -0.465 e. The van der Waals surface area contributed by atoms with Crippen molar-refractivity contribution in [3.05, 3.63) is 35.9 Å². The van der Waals surface area contributed by atoms with Gasteiger partial charge >= 0.3 is 5.97 Å². The Morgan fingerprint density at radius 2 is 2.12 bits per heavy atom. The highest BCUT2D eigenvalue weighted by Gasteiger charge is 2.30. The number of benzene rings is 1. The Morgan fingerprint density at radius 1 is 1.35 bits per heavy atom. The Labute approximate surface area is 101 Å². The molecule has 2 atom stereocenters. The second kappa shape index (κ2) is 5.82. The molecule has 1 aliphatic heterocycles. The van der Waals surface area contributed by atoms with Crippen molar-refractivity contribution in [3.8, 4) is 0 Å². The highest BCUT2D eigenvalue weighted by atomic mass is 16.5. The van der Waals surface area contributed by atoms with Crippen LogP contribution in [0.1, 0.15) is 24.8 Å². The molecule has 0 spiro atoms. The van der Waals surface area contributed by atoms with Crippen LogP contribution in [0.4, 0.5) is 0 Å². The van der Waals surface area contributed by atoms with Crippen LogP contribution >= 0.6 is 0 Å². The smallest absolute Gasteiger partial charge is 0.311 e. The minimum atomic E-state index is -0.581. The number of esters is 1. The van der Waals surface area contributed by atoms with Gasteiger partial charge in [0.15, 0.2) is 0 Å². The molecule has 2 unspecified atom stereocenters. The summed E-state index contributed by atoms with van der Waals surface area (Å²) in [4.78, 5) is 11.5. The molecule has 0 aromatic heterocycles. The maximum absolute atomic E-state index is 11.5. The highest BCUT2D eigenvalue weighted by molar-refractivity contribution is 5.73. The fourth-order valence-corrected chi connectivity index (χ4v) is 2.21. The Kier molecular flexibility index (Phi) is 4.15. The van der Waals surface area contributed by atoms with Gasteiger partial charge in [0, 0.05) is 0 Å². The molecule has 17 heavy (non-hydrogen) atoms. The Balaban J connectivity index is 1.84. The number of aliphatic hydroxyl groups excluding tert-OH is 1. The van der Waals surface area contributed by atoms with Crippen LogP contribution in [0.15, 0.2) is 30.3 Å². The zero-order valence-corrected chi connectivity index (χ0v) is 9.84. The van der Waals surface area contributed by atoms with E-state index < -0.39 is 6.10 Å². The molecule has 1 saturated heterocycles. The molecule has 3 nitrogen and oxygen atoms in total. The van der Waals surface area contributed by atoms with Gasteiger partial charge in [-0.1, -0.05) is 30.3 Å².